The van der Waals surface area contributed by atoms with E-state index in [-0.39, 0.29) is 15.3 Å². The van der Waals surface area contributed by atoms with Crippen molar-refractivity contribution in [3.63, 3.8) is 0 Å². The van der Waals surface area contributed by atoms with Crippen molar-refractivity contribution in [2.24, 2.45) is 0 Å². The molecule has 0 aliphatic heterocycles. The molecule has 2 unspecified atom stereocenters. The van der Waals surface area contributed by atoms with Crippen molar-refractivity contribution in [2.75, 3.05) is 7.11 Å². The summed E-state index contributed by atoms with van der Waals surface area (Å²) in [7, 11) is 1.64. The van der Waals surface area contributed by atoms with Crippen molar-refractivity contribution >= 4 is 69.5 Å². The summed E-state index contributed by atoms with van der Waals surface area (Å²) in [6.07, 6.45) is 1.88. The standard InChI is InChI=1S/C18H13Br3O3/c1-23-13-7-6-11(20)15-8(13)2-3-9-14-10(19)4-5-12(21)16(14)18(22)24-17(9)15/h2-3,6-7,10,12H,4-5H2,1H3. The van der Waals surface area contributed by atoms with Gasteiger partial charge in [-0.1, -0.05) is 53.9 Å². The van der Waals surface area contributed by atoms with E-state index in [9.17, 15) is 4.79 Å². The lowest BCUT2D eigenvalue weighted by Crippen LogP contribution is -2.18. The van der Waals surface area contributed by atoms with Crippen LogP contribution in [0.5, 0.6) is 5.75 Å². The third kappa shape index (κ3) is 2.37. The Bertz CT molecular complexity index is 1030. The number of rotatable bonds is 1. The van der Waals surface area contributed by atoms with Gasteiger partial charge in [0.25, 0.3) is 0 Å². The Kier molecular flexibility index (Phi) is 4.25. The minimum Gasteiger partial charge on any atom is -0.496 e. The van der Waals surface area contributed by atoms with Crippen molar-refractivity contribution in [1.29, 1.82) is 0 Å². The van der Waals surface area contributed by atoms with Gasteiger partial charge in [0.15, 0.2) is 0 Å². The van der Waals surface area contributed by atoms with Gasteiger partial charge in [0, 0.05) is 30.3 Å². The van der Waals surface area contributed by atoms with Crippen LogP contribution in [0.25, 0.3) is 21.7 Å². The Hall–Kier alpha value is -0.850. The van der Waals surface area contributed by atoms with Crippen LogP contribution in [0.4, 0.5) is 0 Å². The highest BCUT2D eigenvalue weighted by molar-refractivity contribution is 9.10. The third-order valence-electron chi connectivity index (χ3n) is 4.56. The monoisotopic (exact) mass is 514 g/mol. The number of alkyl halides is 2. The summed E-state index contributed by atoms with van der Waals surface area (Å²) in [5, 5.41) is 2.75. The van der Waals surface area contributed by atoms with Crippen molar-refractivity contribution < 1.29 is 9.15 Å². The molecule has 1 heterocycles. The van der Waals surface area contributed by atoms with E-state index in [0.29, 0.717) is 5.58 Å². The van der Waals surface area contributed by atoms with Crippen LogP contribution in [0, 0.1) is 0 Å². The van der Waals surface area contributed by atoms with Crippen molar-refractivity contribution in [2.45, 2.75) is 22.5 Å². The number of ether oxygens (including phenoxy) is 1. The van der Waals surface area contributed by atoms with E-state index in [1.165, 1.54) is 0 Å². The molecule has 0 N–H and O–H groups in total. The van der Waals surface area contributed by atoms with Crippen molar-refractivity contribution in [3.05, 3.63) is 50.3 Å². The van der Waals surface area contributed by atoms with Crippen LogP contribution in [0.15, 0.2) is 37.9 Å². The number of fused-ring (bicyclic) bond motifs is 5. The Labute approximate surface area is 163 Å². The molecule has 0 spiro atoms. The van der Waals surface area contributed by atoms with Crippen LogP contribution < -0.4 is 10.4 Å². The Morgan fingerprint density at radius 1 is 1.04 bits per heavy atom. The molecule has 3 nitrogen and oxygen atoms in total. The van der Waals surface area contributed by atoms with E-state index < -0.39 is 0 Å². The summed E-state index contributed by atoms with van der Waals surface area (Å²) in [4.78, 5) is 12.9. The summed E-state index contributed by atoms with van der Waals surface area (Å²) in [5.41, 5.74) is 2.10. The number of methoxy groups -OCH3 is 1. The molecule has 2 atom stereocenters. The van der Waals surface area contributed by atoms with Gasteiger partial charge in [-0.05, 0) is 36.6 Å². The molecule has 1 aliphatic carbocycles. The Morgan fingerprint density at radius 3 is 2.42 bits per heavy atom. The lowest BCUT2D eigenvalue weighted by atomic mass is 9.89. The predicted octanol–water partition coefficient (Wildman–Crippen LogP) is 6.38. The highest BCUT2D eigenvalue weighted by Gasteiger charge is 2.30. The molecular weight excluding hydrogens is 504 g/mol. The molecule has 6 heteroatoms. The van der Waals surface area contributed by atoms with E-state index in [1.807, 2.05) is 24.3 Å². The minimum absolute atomic E-state index is 0.0337. The van der Waals surface area contributed by atoms with E-state index >= 15 is 0 Å². The molecule has 0 radical (unpaired) electrons. The van der Waals surface area contributed by atoms with Gasteiger partial charge in [-0.25, -0.2) is 4.79 Å². The summed E-state index contributed by atoms with van der Waals surface area (Å²) < 4.78 is 12.1. The first-order chi connectivity index (χ1) is 11.5. The smallest absolute Gasteiger partial charge is 0.340 e. The van der Waals surface area contributed by atoms with E-state index in [1.54, 1.807) is 7.11 Å². The van der Waals surface area contributed by atoms with Crippen molar-refractivity contribution in [3.8, 4) is 5.75 Å². The minimum atomic E-state index is -0.272. The van der Waals surface area contributed by atoms with Gasteiger partial charge in [0.05, 0.1) is 12.7 Å². The van der Waals surface area contributed by atoms with Crippen LogP contribution in [-0.4, -0.2) is 7.11 Å². The topological polar surface area (TPSA) is 39.4 Å². The van der Waals surface area contributed by atoms with Crippen LogP contribution in [0.3, 0.4) is 0 Å². The van der Waals surface area contributed by atoms with Gasteiger partial charge < -0.3 is 9.15 Å². The molecule has 2 aromatic carbocycles. The zero-order valence-corrected chi connectivity index (χ0v) is 17.5. The maximum atomic E-state index is 12.7. The van der Waals surface area contributed by atoms with Crippen molar-refractivity contribution in [1.82, 2.24) is 0 Å². The van der Waals surface area contributed by atoms with Gasteiger partial charge in [0.1, 0.15) is 11.3 Å². The predicted molar refractivity (Wildman–Crippen MR) is 107 cm³/mol. The zero-order valence-electron chi connectivity index (χ0n) is 12.7. The molecule has 1 aromatic heterocycles. The number of halogens is 3. The molecule has 124 valence electrons. The van der Waals surface area contributed by atoms with Crippen LogP contribution >= 0.6 is 47.8 Å². The summed E-state index contributed by atoms with van der Waals surface area (Å²) in [6.45, 7) is 0. The van der Waals surface area contributed by atoms with Gasteiger partial charge in [-0.15, -0.1) is 0 Å². The summed E-state index contributed by atoms with van der Waals surface area (Å²) in [6, 6.07) is 7.86. The number of hydrogen-bond donors (Lipinski definition) is 0. The lowest BCUT2D eigenvalue weighted by Gasteiger charge is -2.25. The van der Waals surface area contributed by atoms with Gasteiger partial charge >= 0.3 is 5.63 Å². The van der Waals surface area contributed by atoms with Gasteiger partial charge in [-0.2, -0.15) is 0 Å². The van der Waals surface area contributed by atoms with E-state index in [0.717, 1.165) is 50.3 Å². The highest BCUT2D eigenvalue weighted by Crippen LogP contribution is 2.47. The fraction of sp³-hybridized carbons (Fsp3) is 0.278. The second-order valence-electron chi connectivity index (χ2n) is 5.84. The van der Waals surface area contributed by atoms with Crippen LogP contribution in [-0.2, 0) is 0 Å². The average Bonchev–Trinajstić information content (AvgIpc) is 2.57. The van der Waals surface area contributed by atoms with Crippen LogP contribution in [0.2, 0.25) is 0 Å². The summed E-state index contributed by atoms with van der Waals surface area (Å²) >= 11 is 11.0. The first-order valence-corrected chi connectivity index (χ1v) is 10.2. The first-order valence-electron chi connectivity index (χ1n) is 7.57. The largest absolute Gasteiger partial charge is 0.496 e. The molecule has 0 fully saturated rings. The second kappa shape index (κ2) is 6.15. The first kappa shape index (κ1) is 16.6. The normalized spacial score (nSPS) is 20.3. The van der Waals surface area contributed by atoms with Crippen LogP contribution in [0.1, 0.15) is 33.6 Å². The Balaban J connectivity index is 2.22. The van der Waals surface area contributed by atoms with Gasteiger partial charge in [-0.3, -0.25) is 0 Å². The number of benzene rings is 2. The zero-order chi connectivity index (χ0) is 17.0. The summed E-state index contributed by atoms with van der Waals surface area (Å²) in [5.74, 6) is 0.754. The highest BCUT2D eigenvalue weighted by atomic mass is 79.9. The third-order valence-corrected chi connectivity index (χ3v) is 7.05. The second-order valence-corrected chi connectivity index (χ2v) is 8.91. The van der Waals surface area contributed by atoms with Gasteiger partial charge in [0.2, 0.25) is 0 Å². The Morgan fingerprint density at radius 2 is 1.71 bits per heavy atom. The average molecular weight is 517 g/mol. The SMILES string of the molecule is COc1ccc(Br)c2c1ccc1c3c(c(=O)oc12)C(Br)CCC3Br. The van der Waals surface area contributed by atoms with E-state index in [4.69, 9.17) is 9.15 Å². The molecule has 4 rings (SSSR count). The molecule has 0 amide bonds. The molecule has 0 saturated heterocycles. The number of hydrogen-bond acceptors (Lipinski definition) is 3. The fourth-order valence-corrected chi connectivity index (χ4v) is 5.44. The quantitative estimate of drug-likeness (QED) is 0.214. The van der Waals surface area contributed by atoms with E-state index in [2.05, 4.69) is 47.8 Å². The maximum Gasteiger partial charge on any atom is 0.340 e. The molecular formula is C18H13Br3O3. The lowest BCUT2D eigenvalue weighted by molar-refractivity contribution is 0.419. The molecule has 24 heavy (non-hydrogen) atoms. The molecule has 0 saturated carbocycles. The molecule has 3 aromatic rings. The molecule has 1 aliphatic rings. The maximum absolute atomic E-state index is 12.7. The fourth-order valence-electron chi connectivity index (χ4n) is 3.46. The molecule has 0 bridgehead atoms.